The molecule has 0 bridgehead atoms. The van der Waals surface area contributed by atoms with Crippen molar-refractivity contribution in [2.75, 3.05) is 26.2 Å². The number of aliphatic hydroxyl groups is 1. The van der Waals surface area contributed by atoms with Crippen molar-refractivity contribution in [3.63, 3.8) is 0 Å². The van der Waals surface area contributed by atoms with Gasteiger partial charge in [-0.15, -0.1) is 0 Å². The molecule has 1 N–H and O–H groups in total. The van der Waals surface area contributed by atoms with E-state index in [1.807, 2.05) is 0 Å². The molecular formula is C18H26F3NO. The van der Waals surface area contributed by atoms with Gasteiger partial charge in [-0.25, -0.2) is 0 Å². The molecule has 1 saturated heterocycles. The van der Waals surface area contributed by atoms with Crippen molar-refractivity contribution in [2.24, 2.45) is 5.92 Å². The second kappa shape index (κ2) is 8.15. The number of rotatable bonds is 6. The van der Waals surface area contributed by atoms with Crippen LogP contribution in [0, 0.1) is 5.92 Å². The molecule has 1 aromatic rings. The monoisotopic (exact) mass is 329 g/mol. The zero-order valence-electron chi connectivity index (χ0n) is 13.6. The van der Waals surface area contributed by atoms with E-state index in [1.54, 1.807) is 12.1 Å². The summed E-state index contributed by atoms with van der Waals surface area (Å²) in [5.41, 5.74) is -0.213. The molecule has 0 spiro atoms. The number of unbranched alkanes of at least 4 members (excludes halogenated alkanes) is 2. The largest absolute Gasteiger partial charge is 0.416 e. The van der Waals surface area contributed by atoms with Gasteiger partial charge in [-0.2, -0.15) is 13.2 Å². The Morgan fingerprint density at radius 1 is 1.22 bits per heavy atom. The number of hydrogen-bond donors (Lipinski definition) is 1. The molecule has 2 rings (SSSR count). The summed E-state index contributed by atoms with van der Waals surface area (Å²) in [6.45, 7) is 4.53. The van der Waals surface area contributed by atoms with E-state index in [1.165, 1.54) is 12.5 Å². The number of halogens is 3. The van der Waals surface area contributed by atoms with Crippen molar-refractivity contribution in [2.45, 2.75) is 44.7 Å². The van der Waals surface area contributed by atoms with Gasteiger partial charge in [0.2, 0.25) is 0 Å². The van der Waals surface area contributed by atoms with Gasteiger partial charge in [0.15, 0.2) is 0 Å². The summed E-state index contributed by atoms with van der Waals surface area (Å²) in [5, 5.41) is 9.70. The van der Waals surface area contributed by atoms with E-state index >= 15 is 0 Å². The van der Waals surface area contributed by atoms with Gasteiger partial charge in [0.25, 0.3) is 0 Å². The first-order chi connectivity index (χ1) is 11.0. The second-order valence-corrected chi connectivity index (χ2v) is 6.43. The minimum atomic E-state index is -4.34. The van der Waals surface area contributed by atoms with Crippen LogP contribution in [0.25, 0.3) is 0 Å². The molecule has 1 aliphatic rings. The van der Waals surface area contributed by atoms with E-state index < -0.39 is 11.7 Å². The topological polar surface area (TPSA) is 23.5 Å². The quantitative estimate of drug-likeness (QED) is 0.787. The number of aliphatic hydroxyl groups excluding tert-OH is 1. The lowest BCUT2D eigenvalue weighted by Gasteiger charge is -2.39. The number of alkyl halides is 3. The van der Waals surface area contributed by atoms with E-state index in [9.17, 15) is 18.3 Å². The van der Waals surface area contributed by atoms with E-state index in [0.717, 1.165) is 32.0 Å². The Hall–Kier alpha value is -1.07. The van der Waals surface area contributed by atoms with Crippen molar-refractivity contribution >= 4 is 0 Å². The average molecular weight is 329 g/mol. The maximum Gasteiger partial charge on any atom is 0.416 e. The highest BCUT2D eigenvalue weighted by molar-refractivity contribution is 5.33. The van der Waals surface area contributed by atoms with Gasteiger partial charge in [0.1, 0.15) is 0 Å². The third-order valence-corrected chi connectivity index (χ3v) is 4.80. The number of benzene rings is 1. The highest BCUT2D eigenvalue weighted by atomic mass is 19.4. The normalized spacial score (nSPS) is 23.2. The first-order valence-electron chi connectivity index (χ1n) is 8.46. The Labute approximate surface area is 136 Å². The van der Waals surface area contributed by atoms with Gasteiger partial charge in [-0.3, -0.25) is 0 Å². The maximum atomic E-state index is 13.2. The number of likely N-dealkylation sites (tertiary alicyclic amines) is 1. The van der Waals surface area contributed by atoms with Crippen LogP contribution in [0.3, 0.4) is 0 Å². The van der Waals surface area contributed by atoms with E-state index in [-0.39, 0.29) is 18.4 Å². The summed E-state index contributed by atoms with van der Waals surface area (Å²) >= 11 is 0. The smallest absolute Gasteiger partial charge is 0.396 e. The predicted molar refractivity (Wildman–Crippen MR) is 85.3 cm³/mol. The summed E-state index contributed by atoms with van der Waals surface area (Å²) in [6.07, 6.45) is -0.239. The molecule has 2 atom stereocenters. The van der Waals surface area contributed by atoms with Crippen LogP contribution in [0.15, 0.2) is 24.3 Å². The van der Waals surface area contributed by atoms with Crippen LogP contribution in [-0.4, -0.2) is 36.2 Å². The minimum Gasteiger partial charge on any atom is -0.396 e. The highest BCUT2D eigenvalue weighted by Crippen LogP contribution is 2.40. The molecule has 5 heteroatoms. The molecule has 0 amide bonds. The Morgan fingerprint density at radius 3 is 2.61 bits per heavy atom. The Balaban J connectivity index is 2.12. The fourth-order valence-electron chi connectivity index (χ4n) is 3.57. The highest BCUT2D eigenvalue weighted by Gasteiger charge is 2.38. The van der Waals surface area contributed by atoms with Crippen molar-refractivity contribution in [3.05, 3.63) is 35.4 Å². The van der Waals surface area contributed by atoms with Crippen molar-refractivity contribution in [3.8, 4) is 0 Å². The fourth-order valence-corrected chi connectivity index (χ4v) is 3.57. The van der Waals surface area contributed by atoms with E-state index in [2.05, 4.69) is 11.8 Å². The molecule has 1 aliphatic heterocycles. The third kappa shape index (κ3) is 4.70. The Bertz CT molecular complexity index is 489. The van der Waals surface area contributed by atoms with Crippen LogP contribution in [0.5, 0.6) is 0 Å². The van der Waals surface area contributed by atoms with Crippen LogP contribution in [-0.2, 0) is 6.18 Å². The Morgan fingerprint density at radius 2 is 1.96 bits per heavy atom. The molecule has 130 valence electrons. The van der Waals surface area contributed by atoms with E-state index in [4.69, 9.17) is 0 Å². The fraction of sp³-hybridized carbons (Fsp3) is 0.667. The first kappa shape index (κ1) is 18.3. The van der Waals surface area contributed by atoms with Crippen molar-refractivity contribution < 1.29 is 18.3 Å². The minimum absolute atomic E-state index is 0.0683. The van der Waals surface area contributed by atoms with Crippen LogP contribution in [0.4, 0.5) is 13.2 Å². The third-order valence-electron chi connectivity index (χ3n) is 4.80. The molecule has 23 heavy (non-hydrogen) atoms. The van der Waals surface area contributed by atoms with Crippen LogP contribution >= 0.6 is 0 Å². The molecule has 0 aromatic heterocycles. The molecule has 0 aliphatic carbocycles. The zero-order chi connectivity index (χ0) is 16.9. The lowest BCUT2D eigenvalue weighted by molar-refractivity contribution is -0.138. The molecule has 0 radical (unpaired) electrons. The van der Waals surface area contributed by atoms with Crippen LogP contribution < -0.4 is 0 Å². The van der Waals surface area contributed by atoms with Gasteiger partial charge in [-0.05, 0) is 43.5 Å². The van der Waals surface area contributed by atoms with Crippen LogP contribution in [0.2, 0.25) is 0 Å². The standard InChI is InChI=1S/C18H26F3NO/c1-2-3-6-10-22-11-9-15(14(12-22)13-23)16-7-4-5-8-17(16)18(19,20)21/h4-5,7-8,14-15,23H,2-3,6,9-13H2,1H3/t14-,15+/m0/s1. The van der Waals surface area contributed by atoms with Gasteiger partial charge in [-0.1, -0.05) is 38.0 Å². The SMILES string of the molecule is CCCCCN1CC[C@@H](c2ccccc2C(F)(F)F)[C@H](CO)C1. The summed E-state index contributed by atoms with van der Waals surface area (Å²) < 4.78 is 39.7. The van der Waals surface area contributed by atoms with Crippen LogP contribution in [0.1, 0.15) is 49.7 Å². The van der Waals surface area contributed by atoms with Crippen molar-refractivity contribution in [1.82, 2.24) is 4.90 Å². The number of piperidine rings is 1. The van der Waals surface area contributed by atoms with Gasteiger partial charge in [0.05, 0.1) is 5.56 Å². The van der Waals surface area contributed by atoms with Gasteiger partial charge in [0, 0.05) is 19.1 Å². The Kier molecular flexibility index (Phi) is 6.48. The summed E-state index contributed by atoms with van der Waals surface area (Å²) in [4.78, 5) is 2.28. The molecular weight excluding hydrogens is 303 g/mol. The first-order valence-corrected chi connectivity index (χ1v) is 8.46. The summed E-state index contributed by atoms with van der Waals surface area (Å²) in [6, 6.07) is 5.81. The maximum absolute atomic E-state index is 13.2. The van der Waals surface area contributed by atoms with E-state index in [0.29, 0.717) is 18.5 Å². The number of hydrogen-bond acceptors (Lipinski definition) is 2. The molecule has 1 heterocycles. The zero-order valence-corrected chi connectivity index (χ0v) is 13.6. The lowest BCUT2D eigenvalue weighted by Crippen LogP contribution is -2.41. The van der Waals surface area contributed by atoms with Crippen molar-refractivity contribution in [1.29, 1.82) is 0 Å². The average Bonchev–Trinajstić information content (AvgIpc) is 2.54. The van der Waals surface area contributed by atoms with Gasteiger partial charge >= 0.3 is 6.18 Å². The number of nitrogens with zero attached hydrogens (tertiary/aromatic N) is 1. The molecule has 1 fully saturated rings. The second-order valence-electron chi connectivity index (χ2n) is 6.43. The van der Waals surface area contributed by atoms with Gasteiger partial charge < -0.3 is 10.0 Å². The summed E-state index contributed by atoms with van der Waals surface area (Å²) in [5.74, 6) is -0.353. The summed E-state index contributed by atoms with van der Waals surface area (Å²) in [7, 11) is 0. The molecule has 2 nitrogen and oxygen atoms in total. The lowest BCUT2D eigenvalue weighted by atomic mass is 9.79. The molecule has 0 saturated carbocycles. The molecule has 0 unspecified atom stereocenters. The molecule has 1 aromatic carbocycles. The predicted octanol–water partition coefficient (Wildman–Crippen LogP) is 4.29.